The van der Waals surface area contributed by atoms with Crippen molar-refractivity contribution in [3.63, 3.8) is 0 Å². The van der Waals surface area contributed by atoms with Gasteiger partial charge >= 0.3 is 0 Å². The fourth-order valence-corrected chi connectivity index (χ4v) is 3.00. The summed E-state index contributed by atoms with van der Waals surface area (Å²) in [4.78, 5) is 29.0. The van der Waals surface area contributed by atoms with E-state index in [2.05, 4.69) is 15.2 Å². The summed E-state index contributed by atoms with van der Waals surface area (Å²) in [6.45, 7) is 8.99. The minimum absolute atomic E-state index is 0.233. The zero-order chi connectivity index (χ0) is 18.3. The first kappa shape index (κ1) is 16.9. The maximum Gasteiger partial charge on any atom is 0.274 e. The number of hydrogen-bond acceptors (Lipinski definition) is 4. The minimum atomic E-state index is -0.259. The van der Waals surface area contributed by atoms with Crippen LogP contribution in [0.3, 0.4) is 0 Å². The number of rotatable bonds is 4. The average Bonchev–Trinajstić information content (AvgIpc) is 3.10. The average molecular weight is 342 g/mol. The summed E-state index contributed by atoms with van der Waals surface area (Å²) in [5.74, 6) is -0.233. The van der Waals surface area contributed by atoms with Gasteiger partial charge in [0.1, 0.15) is 5.52 Å². The van der Waals surface area contributed by atoms with Crippen molar-refractivity contribution in [3.05, 3.63) is 51.0 Å². The Bertz CT molecular complexity index is 1010. The van der Waals surface area contributed by atoms with Crippen LogP contribution in [0, 0.1) is 20.8 Å². The van der Waals surface area contributed by atoms with E-state index in [4.69, 9.17) is 0 Å². The van der Waals surface area contributed by atoms with Gasteiger partial charge in [-0.1, -0.05) is 0 Å². The molecule has 0 atom stereocenters. The first-order chi connectivity index (χ1) is 11.8. The topological polar surface area (TPSA) is 88.3 Å². The molecule has 3 aromatic rings. The number of nitrogens with zero attached hydrogens (tertiary/aromatic N) is 5. The van der Waals surface area contributed by atoms with Gasteiger partial charge in [-0.25, -0.2) is 4.52 Å². The number of aromatic amines is 1. The van der Waals surface area contributed by atoms with Crippen molar-refractivity contribution in [1.29, 1.82) is 0 Å². The molecule has 0 aliphatic carbocycles. The van der Waals surface area contributed by atoms with E-state index >= 15 is 0 Å². The Morgan fingerprint density at radius 3 is 2.64 bits per heavy atom. The highest BCUT2D eigenvalue weighted by Crippen LogP contribution is 2.16. The standard InChI is InChI=1S/C17H22N6O2/c1-6-22-12(4)13(11(3)19-22)9-21(5)17(25)14-7-15-16(24)18-10(2)8-23(15)20-14/h7-8H,6,9H2,1-5H3,(H,18,24). The molecule has 0 spiro atoms. The molecule has 0 saturated heterocycles. The molecular formula is C17H22N6O2. The molecule has 0 fully saturated rings. The van der Waals surface area contributed by atoms with Crippen LogP contribution in [-0.2, 0) is 13.1 Å². The quantitative estimate of drug-likeness (QED) is 0.777. The van der Waals surface area contributed by atoms with Crippen molar-refractivity contribution in [2.45, 2.75) is 40.8 Å². The number of hydrogen-bond donors (Lipinski definition) is 1. The summed E-state index contributed by atoms with van der Waals surface area (Å²) in [6, 6.07) is 1.52. The predicted octanol–water partition coefficient (Wildman–Crippen LogP) is 1.44. The van der Waals surface area contributed by atoms with Gasteiger partial charge in [-0.05, 0) is 27.7 Å². The molecular weight excluding hydrogens is 320 g/mol. The lowest BCUT2D eigenvalue weighted by atomic mass is 10.2. The largest absolute Gasteiger partial charge is 0.336 e. The molecule has 0 radical (unpaired) electrons. The number of H-pyrrole nitrogens is 1. The number of aryl methyl sites for hydroxylation is 3. The number of carbonyl (C=O) groups excluding carboxylic acids is 1. The summed E-state index contributed by atoms with van der Waals surface area (Å²) in [7, 11) is 1.73. The van der Waals surface area contributed by atoms with Crippen molar-refractivity contribution in [3.8, 4) is 0 Å². The second-order valence-electron chi connectivity index (χ2n) is 6.25. The van der Waals surface area contributed by atoms with E-state index in [1.807, 2.05) is 25.5 Å². The number of fused-ring (bicyclic) bond motifs is 1. The van der Waals surface area contributed by atoms with E-state index in [0.29, 0.717) is 17.8 Å². The number of carbonyl (C=O) groups is 1. The highest BCUT2D eigenvalue weighted by atomic mass is 16.2. The third-order valence-corrected chi connectivity index (χ3v) is 4.39. The van der Waals surface area contributed by atoms with Crippen LogP contribution < -0.4 is 5.56 Å². The molecule has 0 saturated carbocycles. The smallest absolute Gasteiger partial charge is 0.274 e. The van der Waals surface area contributed by atoms with E-state index in [1.165, 1.54) is 10.6 Å². The van der Waals surface area contributed by atoms with Gasteiger partial charge in [-0.15, -0.1) is 0 Å². The molecule has 1 N–H and O–H groups in total. The maximum absolute atomic E-state index is 12.7. The van der Waals surface area contributed by atoms with Gasteiger partial charge in [-0.3, -0.25) is 14.3 Å². The van der Waals surface area contributed by atoms with E-state index < -0.39 is 0 Å². The maximum atomic E-state index is 12.7. The van der Waals surface area contributed by atoms with Crippen LogP contribution in [0.5, 0.6) is 0 Å². The summed E-state index contributed by atoms with van der Waals surface area (Å²) >= 11 is 0. The summed E-state index contributed by atoms with van der Waals surface area (Å²) in [5.41, 5.74) is 4.04. The Morgan fingerprint density at radius 2 is 2.00 bits per heavy atom. The number of amides is 1. The Kier molecular flexibility index (Phi) is 4.20. The van der Waals surface area contributed by atoms with Crippen molar-refractivity contribution in [2.24, 2.45) is 0 Å². The lowest BCUT2D eigenvalue weighted by Gasteiger charge is -2.16. The van der Waals surface area contributed by atoms with Crippen LogP contribution in [0.25, 0.3) is 5.52 Å². The van der Waals surface area contributed by atoms with Gasteiger partial charge in [-0.2, -0.15) is 10.2 Å². The highest BCUT2D eigenvalue weighted by molar-refractivity contribution is 5.93. The lowest BCUT2D eigenvalue weighted by Crippen LogP contribution is -2.27. The predicted molar refractivity (Wildman–Crippen MR) is 93.7 cm³/mol. The molecule has 3 heterocycles. The second kappa shape index (κ2) is 6.19. The zero-order valence-electron chi connectivity index (χ0n) is 15.1. The number of aromatic nitrogens is 5. The van der Waals surface area contributed by atoms with E-state index in [-0.39, 0.29) is 17.2 Å². The van der Waals surface area contributed by atoms with Gasteiger partial charge in [0.25, 0.3) is 11.5 Å². The van der Waals surface area contributed by atoms with Crippen molar-refractivity contribution >= 4 is 11.4 Å². The van der Waals surface area contributed by atoms with Gasteiger partial charge in [0.05, 0.1) is 5.69 Å². The fourth-order valence-electron chi connectivity index (χ4n) is 3.00. The van der Waals surface area contributed by atoms with Gasteiger partial charge in [0.15, 0.2) is 5.69 Å². The molecule has 25 heavy (non-hydrogen) atoms. The van der Waals surface area contributed by atoms with Crippen molar-refractivity contribution in [2.75, 3.05) is 7.05 Å². The second-order valence-corrected chi connectivity index (χ2v) is 6.25. The molecule has 0 aromatic carbocycles. The lowest BCUT2D eigenvalue weighted by molar-refractivity contribution is 0.0778. The Hall–Kier alpha value is -2.90. The van der Waals surface area contributed by atoms with Crippen LogP contribution in [-0.4, -0.2) is 42.2 Å². The van der Waals surface area contributed by atoms with Gasteiger partial charge < -0.3 is 9.88 Å². The van der Waals surface area contributed by atoms with E-state index in [9.17, 15) is 9.59 Å². The molecule has 8 nitrogen and oxygen atoms in total. The molecule has 0 bridgehead atoms. The van der Waals surface area contributed by atoms with Gasteiger partial charge in [0.2, 0.25) is 0 Å². The van der Waals surface area contributed by atoms with Gasteiger partial charge in [0, 0.05) is 49.4 Å². The normalized spacial score (nSPS) is 11.2. The first-order valence-corrected chi connectivity index (χ1v) is 8.19. The van der Waals surface area contributed by atoms with Crippen LogP contribution in [0.15, 0.2) is 17.1 Å². The monoisotopic (exact) mass is 342 g/mol. The minimum Gasteiger partial charge on any atom is -0.336 e. The Morgan fingerprint density at radius 1 is 1.28 bits per heavy atom. The van der Waals surface area contributed by atoms with Crippen molar-refractivity contribution < 1.29 is 4.79 Å². The molecule has 0 aliphatic heterocycles. The van der Waals surface area contributed by atoms with Crippen LogP contribution in [0.2, 0.25) is 0 Å². The first-order valence-electron chi connectivity index (χ1n) is 8.19. The highest BCUT2D eigenvalue weighted by Gasteiger charge is 2.20. The van der Waals surface area contributed by atoms with E-state index in [0.717, 1.165) is 23.5 Å². The van der Waals surface area contributed by atoms with Crippen molar-refractivity contribution in [1.82, 2.24) is 29.3 Å². The van der Waals surface area contributed by atoms with E-state index in [1.54, 1.807) is 25.1 Å². The fraction of sp³-hybridized carbons (Fsp3) is 0.412. The third-order valence-electron chi connectivity index (χ3n) is 4.39. The summed E-state index contributed by atoms with van der Waals surface area (Å²) in [6.07, 6.45) is 1.69. The molecule has 0 unspecified atom stereocenters. The molecule has 3 aromatic heterocycles. The Balaban J connectivity index is 1.89. The number of nitrogens with one attached hydrogen (secondary N) is 1. The molecule has 3 rings (SSSR count). The summed E-state index contributed by atoms with van der Waals surface area (Å²) in [5, 5.41) is 8.73. The van der Waals surface area contributed by atoms with Crippen LogP contribution in [0.1, 0.15) is 40.1 Å². The summed E-state index contributed by atoms with van der Waals surface area (Å²) < 4.78 is 3.37. The Labute approximate surface area is 145 Å². The molecule has 1 amide bonds. The van der Waals surface area contributed by atoms with Crippen LogP contribution >= 0.6 is 0 Å². The SMILES string of the molecule is CCn1nc(C)c(CN(C)C(=O)c2cc3c(=O)[nH]c(C)cn3n2)c1C. The molecule has 8 heteroatoms. The molecule has 0 aliphatic rings. The third kappa shape index (κ3) is 2.95. The zero-order valence-corrected chi connectivity index (χ0v) is 15.1. The molecule has 132 valence electrons. The van der Waals surface area contributed by atoms with Crippen LogP contribution in [0.4, 0.5) is 0 Å².